The molecule has 1 aromatic carbocycles. The average Bonchev–Trinajstić information content (AvgIpc) is 3.43. The van der Waals surface area contributed by atoms with Gasteiger partial charge < -0.3 is 4.90 Å². The molecule has 2 aromatic heterocycles. The largest absolute Gasteiger partial charge is 0.332 e. The third-order valence-corrected chi connectivity index (χ3v) is 5.95. The van der Waals surface area contributed by atoms with Gasteiger partial charge in [-0.3, -0.25) is 4.79 Å². The van der Waals surface area contributed by atoms with Crippen molar-refractivity contribution in [1.29, 1.82) is 0 Å². The molecule has 6 nitrogen and oxygen atoms in total. The van der Waals surface area contributed by atoms with Crippen LogP contribution < -0.4 is 0 Å². The van der Waals surface area contributed by atoms with E-state index in [0.717, 1.165) is 18.4 Å². The van der Waals surface area contributed by atoms with Crippen molar-refractivity contribution in [3.05, 3.63) is 58.1 Å². The summed E-state index contributed by atoms with van der Waals surface area (Å²) >= 11 is 6.21. The molecule has 0 N–H and O–H groups in total. The second kappa shape index (κ2) is 6.97. The molecule has 9 heteroatoms. The van der Waals surface area contributed by atoms with E-state index in [9.17, 15) is 13.6 Å². The number of rotatable bonds is 3. The van der Waals surface area contributed by atoms with Gasteiger partial charge in [0, 0.05) is 35.2 Å². The highest BCUT2D eigenvalue weighted by molar-refractivity contribution is 6.31. The van der Waals surface area contributed by atoms with Crippen LogP contribution in [0.25, 0.3) is 5.78 Å². The summed E-state index contributed by atoms with van der Waals surface area (Å²) in [5.41, 5.74) is 2.61. The first-order chi connectivity index (χ1) is 14.3. The van der Waals surface area contributed by atoms with Crippen LogP contribution in [0, 0.1) is 6.92 Å². The smallest absolute Gasteiger partial charge is 0.266 e. The highest BCUT2D eigenvalue weighted by Gasteiger charge is 2.43. The molecule has 156 valence electrons. The van der Waals surface area contributed by atoms with Crippen LogP contribution in [0.15, 0.2) is 30.6 Å². The Hall–Kier alpha value is -2.61. The van der Waals surface area contributed by atoms with Crippen LogP contribution in [0.5, 0.6) is 0 Å². The second-order valence-corrected chi connectivity index (χ2v) is 8.72. The standard InChI is InChI=1S/C21H20ClF2N5O/c1-12-4-18(29-20(27-12)25-11-26-29)16-8-21(23,24)10-28(9-16)19(30)15-5-14(13-2-3-13)6-17(22)7-15/h4-7,11,13,16H,2-3,8-10H2,1H3/t16-/m0/s1. The third kappa shape index (κ3) is 3.64. The van der Waals surface area contributed by atoms with Crippen molar-refractivity contribution in [2.45, 2.75) is 43.9 Å². The van der Waals surface area contributed by atoms with Gasteiger partial charge >= 0.3 is 0 Å². The number of benzene rings is 1. The van der Waals surface area contributed by atoms with Gasteiger partial charge in [-0.1, -0.05) is 11.6 Å². The molecule has 1 saturated carbocycles. The topological polar surface area (TPSA) is 63.4 Å². The number of carbonyl (C=O) groups excluding carboxylic acids is 1. The number of alkyl halides is 2. The van der Waals surface area contributed by atoms with Gasteiger partial charge in [-0.15, -0.1) is 0 Å². The summed E-state index contributed by atoms with van der Waals surface area (Å²) in [6.45, 7) is 1.34. The minimum atomic E-state index is -3.01. The van der Waals surface area contributed by atoms with Gasteiger partial charge in [-0.25, -0.2) is 18.3 Å². The van der Waals surface area contributed by atoms with Crippen LogP contribution in [-0.4, -0.2) is 49.4 Å². The van der Waals surface area contributed by atoms with Crippen LogP contribution in [0.1, 0.15) is 58.4 Å². The fraction of sp³-hybridized carbons (Fsp3) is 0.429. The molecule has 1 amide bonds. The second-order valence-electron chi connectivity index (χ2n) is 8.28. The maximum Gasteiger partial charge on any atom is 0.266 e. The van der Waals surface area contributed by atoms with Gasteiger partial charge in [-0.05, 0) is 55.5 Å². The molecule has 0 bridgehead atoms. The Bertz CT molecular complexity index is 1140. The number of hydrogen-bond donors (Lipinski definition) is 0. The third-order valence-electron chi connectivity index (χ3n) is 5.74. The molecule has 0 spiro atoms. The first-order valence-electron chi connectivity index (χ1n) is 9.94. The molecule has 5 rings (SSSR count). The van der Waals surface area contributed by atoms with E-state index in [-0.39, 0.29) is 13.0 Å². The Morgan fingerprint density at radius 3 is 2.77 bits per heavy atom. The van der Waals surface area contributed by atoms with Crippen molar-refractivity contribution in [3.8, 4) is 0 Å². The Morgan fingerprint density at radius 2 is 2.00 bits per heavy atom. The quantitative estimate of drug-likeness (QED) is 0.622. The van der Waals surface area contributed by atoms with Crippen molar-refractivity contribution in [3.63, 3.8) is 0 Å². The predicted octanol–water partition coefficient (Wildman–Crippen LogP) is 4.23. The number of fused-ring (bicyclic) bond motifs is 1. The van der Waals surface area contributed by atoms with Crippen LogP contribution >= 0.6 is 11.6 Å². The summed E-state index contributed by atoms with van der Waals surface area (Å²) in [6, 6.07) is 6.94. The molecule has 0 radical (unpaired) electrons. The van der Waals surface area contributed by atoms with E-state index in [2.05, 4.69) is 15.1 Å². The molecule has 0 unspecified atom stereocenters. The number of carbonyl (C=O) groups is 1. The van der Waals surface area contributed by atoms with E-state index >= 15 is 0 Å². The first-order valence-corrected chi connectivity index (χ1v) is 10.3. The minimum Gasteiger partial charge on any atom is -0.332 e. The lowest BCUT2D eigenvalue weighted by atomic mass is 9.91. The zero-order chi connectivity index (χ0) is 21.0. The Labute approximate surface area is 176 Å². The SMILES string of the molecule is Cc1cc([C@@H]2CN(C(=O)c3cc(Cl)cc(C4CC4)c3)CC(F)(F)C2)n2ncnc2n1. The van der Waals surface area contributed by atoms with Gasteiger partial charge in [0.2, 0.25) is 0 Å². The van der Waals surface area contributed by atoms with Gasteiger partial charge in [0.25, 0.3) is 17.6 Å². The number of amides is 1. The molecule has 1 aliphatic heterocycles. The zero-order valence-corrected chi connectivity index (χ0v) is 17.1. The van der Waals surface area contributed by atoms with Gasteiger partial charge in [0.05, 0.1) is 12.2 Å². The van der Waals surface area contributed by atoms with Crippen LogP contribution in [0.2, 0.25) is 5.02 Å². The lowest BCUT2D eigenvalue weighted by Gasteiger charge is -2.37. The van der Waals surface area contributed by atoms with Crippen molar-refractivity contribution in [2.75, 3.05) is 13.1 Å². The van der Waals surface area contributed by atoms with E-state index < -0.39 is 24.3 Å². The molecule has 1 atom stereocenters. The van der Waals surface area contributed by atoms with Gasteiger partial charge in [-0.2, -0.15) is 10.1 Å². The number of piperidine rings is 1. The summed E-state index contributed by atoms with van der Waals surface area (Å²) in [5, 5.41) is 4.59. The molecule has 2 aliphatic rings. The molecule has 2 fully saturated rings. The van der Waals surface area contributed by atoms with Crippen molar-refractivity contribution < 1.29 is 13.6 Å². The molecule has 3 heterocycles. The number of aromatic nitrogens is 4. The summed E-state index contributed by atoms with van der Waals surface area (Å²) in [7, 11) is 0. The van der Waals surface area contributed by atoms with Crippen LogP contribution in [0.4, 0.5) is 8.78 Å². The van der Waals surface area contributed by atoms with Crippen LogP contribution in [-0.2, 0) is 0 Å². The fourth-order valence-corrected chi connectivity index (χ4v) is 4.52. The van der Waals surface area contributed by atoms with Crippen molar-refractivity contribution in [1.82, 2.24) is 24.5 Å². The van der Waals surface area contributed by atoms with E-state index in [0.29, 0.717) is 33.7 Å². The lowest BCUT2D eigenvalue weighted by molar-refractivity contribution is -0.0641. The van der Waals surface area contributed by atoms with E-state index in [1.54, 1.807) is 25.1 Å². The Balaban J connectivity index is 1.49. The zero-order valence-electron chi connectivity index (χ0n) is 16.4. The molecule has 1 aliphatic carbocycles. The highest BCUT2D eigenvalue weighted by Crippen LogP contribution is 2.42. The van der Waals surface area contributed by atoms with Crippen LogP contribution in [0.3, 0.4) is 0 Å². The summed E-state index contributed by atoms with van der Waals surface area (Å²) < 4.78 is 30.9. The Morgan fingerprint density at radius 1 is 1.20 bits per heavy atom. The molecular formula is C21H20ClF2N5O. The van der Waals surface area contributed by atoms with E-state index in [1.807, 2.05) is 6.07 Å². The predicted molar refractivity (Wildman–Crippen MR) is 107 cm³/mol. The summed E-state index contributed by atoms with van der Waals surface area (Å²) in [5.74, 6) is -3.26. The molecule has 30 heavy (non-hydrogen) atoms. The summed E-state index contributed by atoms with van der Waals surface area (Å²) in [4.78, 5) is 22.8. The molecule has 1 saturated heterocycles. The summed E-state index contributed by atoms with van der Waals surface area (Å²) in [6.07, 6.45) is 3.11. The minimum absolute atomic E-state index is 0.165. The molecular weight excluding hydrogens is 412 g/mol. The fourth-order valence-electron chi connectivity index (χ4n) is 4.27. The monoisotopic (exact) mass is 431 g/mol. The Kier molecular flexibility index (Phi) is 4.50. The first kappa shape index (κ1) is 19.4. The highest BCUT2D eigenvalue weighted by atomic mass is 35.5. The lowest BCUT2D eigenvalue weighted by Crippen LogP contribution is -2.49. The number of hydrogen-bond acceptors (Lipinski definition) is 4. The van der Waals surface area contributed by atoms with Crippen molar-refractivity contribution >= 4 is 23.3 Å². The van der Waals surface area contributed by atoms with Crippen molar-refractivity contribution in [2.24, 2.45) is 0 Å². The number of nitrogens with zero attached hydrogens (tertiary/aromatic N) is 5. The number of likely N-dealkylation sites (tertiary alicyclic amines) is 1. The molecule has 3 aromatic rings. The maximum absolute atomic E-state index is 14.7. The number of halogens is 3. The maximum atomic E-state index is 14.7. The normalized spacial score (nSPS) is 21.2. The van der Waals surface area contributed by atoms with E-state index in [4.69, 9.17) is 11.6 Å². The van der Waals surface area contributed by atoms with Gasteiger partial charge in [0.1, 0.15) is 6.33 Å². The van der Waals surface area contributed by atoms with E-state index in [1.165, 1.54) is 15.7 Å². The van der Waals surface area contributed by atoms with Gasteiger partial charge in [0.15, 0.2) is 0 Å². The number of aryl methyl sites for hydroxylation is 1. The average molecular weight is 432 g/mol.